The minimum atomic E-state index is -4.79. The SMILES string of the molecule is CC(C)Oc1ccccc1[C@@H]1COCCN1[C@@H]1CCCC2(CCN(c3ccc(C(=O)NS(=O)(=O)c4cc5c(c([N+](=O)[O-])c4)N[C@H](C4(F)CCOCC4)CO5)c(N4c5cc6cc[nH]c6nc5O[C@H]5COCC[C@@H]54)c3)CC2)C1. The van der Waals surface area contributed by atoms with E-state index in [1.54, 1.807) is 12.3 Å². The number of morpholine rings is 1. The van der Waals surface area contributed by atoms with Gasteiger partial charge in [-0.25, -0.2) is 17.5 Å². The van der Waals surface area contributed by atoms with Crippen LogP contribution in [0.1, 0.15) is 93.6 Å². The number of aromatic nitrogens is 2. The van der Waals surface area contributed by atoms with Crippen molar-refractivity contribution in [2.75, 3.05) is 81.0 Å². The fourth-order valence-electron chi connectivity index (χ4n) is 13.0. The zero-order chi connectivity index (χ0) is 52.3. The van der Waals surface area contributed by atoms with Crippen LogP contribution in [0.4, 0.5) is 32.8 Å². The number of ether oxygens (including phenoxy) is 6. The Labute approximate surface area is 440 Å². The van der Waals surface area contributed by atoms with Gasteiger partial charge in [0.2, 0.25) is 5.88 Å². The number of piperidine rings is 1. The summed E-state index contributed by atoms with van der Waals surface area (Å²) in [7, 11) is -4.79. The molecular formula is C55H65FN8O11S. The van der Waals surface area contributed by atoms with E-state index in [9.17, 15) is 23.3 Å². The summed E-state index contributed by atoms with van der Waals surface area (Å²) in [5.74, 6) is 0.158. The summed E-state index contributed by atoms with van der Waals surface area (Å²) >= 11 is 0. The lowest BCUT2D eigenvalue weighted by atomic mass is 9.66. The monoisotopic (exact) mass is 1060 g/mol. The number of anilines is 4. The van der Waals surface area contributed by atoms with E-state index in [1.165, 1.54) is 5.56 Å². The molecule has 8 heterocycles. The van der Waals surface area contributed by atoms with Gasteiger partial charge < -0.3 is 48.5 Å². The number of aromatic amines is 1. The van der Waals surface area contributed by atoms with Gasteiger partial charge in [-0.1, -0.05) is 24.6 Å². The van der Waals surface area contributed by atoms with Gasteiger partial charge in [0, 0.05) is 93.3 Å². The number of hydrogen-bond acceptors (Lipinski definition) is 16. The molecule has 2 aromatic heterocycles. The molecule has 1 amide bonds. The van der Waals surface area contributed by atoms with Gasteiger partial charge in [-0.2, -0.15) is 4.98 Å². The van der Waals surface area contributed by atoms with E-state index in [2.05, 4.69) is 56.9 Å². The quantitative estimate of drug-likeness (QED) is 0.0838. The second kappa shape index (κ2) is 20.3. The summed E-state index contributed by atoms with van der Waals surface area (Å²) in [6.45, 7) is 8.73. The number of pyridine rings is 1. The lowest BCUT2D eigenvalue weighted by Gasteiger charge is -2.51. The van der Waals surface area contributed by atoms with Crippen LogP contribution in [0.5, 0.6) is 17.4 Å². The zero-order valence-electron chi connectivity index (χ0n) is 42.8. The fraction of sp³-hybridized carbons (Fsp3) is 0.527. The molecule has 5 fully saturated rings. The van der Waals surface area contributed by atoms with Gasteiger partial charge in [-0.05, 0) is 94.2 Å². The molecule has 3 N–H and O–H groups in total. The predicted octanol–water partition coefficient (Wildman–Crippen LogP) is 8.36. The molecule has 5 atom stereocenters. The first kappa shape index (κ1) is 50.6. The number of H-pyrrole nitrogens is 1. The van der Waals surface area contributed by atoms with Gasteiger partial charge >= 0.3 is 0 Å². The maximum absolute atomic E-state index is 16.1. The Hall–Kier alpha value is -6.26. The molecule has 19 nitrogen and oxygen atoms in total. The number of rotatable bonds is 11. The Morgan fingerprint density at radius 1 is 0.921 bits per heavy atom. The van der Waals surface area contributed by atoms with E-state index in [-0.39, 0.29) is 79.9 Å². The fourth-order valence-corrected chi connectivity index (χ4v) is 14.0. The van der Waals surface area contributed by atoms with E-state index in [0.29, 0.717) is 55.2 Å². The number of benzene rings is 3. The lowest BCUT2D eigenvalue weighted by molar-refractivity contribution is -0.384. The van der Waals surface area contributed by atoms with Crippen molar-refractivity contribution < 1.29 is 50.9 Å². The van der Waals surface area contributed by atoms with Crippen LogP contribution in [0.2, 0.25) is 0 Å². The Morgan fingerprint density at radius 2 is 1.74 bits per heavy atom. The molecule has 7 aliphatic rings. The van der Waals surface area contributed by atoms with Gasteiger partial charge in [0.05, 0.1) is 65.1 Å². The topological polar surface area (TPSA) is 212 Å². The Morgan fingerprint density at radius 3 is 2.55 bits per heavy atom. The number of fused-ring (bicyclic) bond motifs is 4. The summed E-state index contributed by atoms with van der Waals surface area (Å²) in [5.41, 5.74) is 1.40. The number of amides is 1. The summed E-state index contributed by atoms with van der Waals surface area (Å²) in [6.07, 6.45) is 8.52. The number of carbonyl (C=O) groups is 1. The summed E-state index contributed by atoms with van der Waals surface area (Å²) in [4.78, 5) is 41.2. The maximum Gasteiger partial charge on any atom is 0.297 e. The molecule has 76 heavy (non-hydrogen) atoms. The Kier molecular flexibility index (Phi) is 13.5. The molecule has 6 aliphatic heterocycles. The smallest absolute Gasteiger partial charge is 0.297 e. The molecule has 1 aliphatic carbocycles. The minimum Gasteiger partial charge on any atom is -0.491 e. The first-order valence-corrected chi connectivity index (χ1v) is 28.3. The van der Waals surface area contributed by atoms with Gasteiger partial charge in [0.25, 0.3) is 21.6 Å². The number of carbonyl (C=O) groups excluding carboxylic acids is 1. The number of nitrogens with one attached hydrogen (secondary N) is 3. The van der Waals surface area contributed by atoms with Crippen LogP contribution >= 0.6 is 0 Å². The molecule has 12 rings (SSSR count). The van der Waals surface area contributed by atoms with Gasteiger partial charge in [-0.15, -0.1) is 0 Å². The average molecular weight is 1070 g/mol. The first-order chi connectivity index (χ1) is 36.7. The van der Waals surface area contributed by atoms with Crippen LogP contribution in [-0.4, -0.2) is 136 Å². The number of hydrogen-bond donors (Lipinski definition) is 3. The highest BCUT2D eigenvalue weighted by Gasteiger charge is 2.47. The number of alkyl halides is 1. The highest BCUT2D eigenvalue weighted by molar-refractivity contribution is 7.90. The first-order valence-electron chi connectivity index (χ1n) is 26.8. The van der Waals surface area contributed by atoms with Crippen LogP contribution in [0.3, 0.4) is 0 Å². The van der Waals surface area contributed by atoms with E-state index in [4.69, 9.17) is 33.4 Å². The van der Waals surface area contributed by atoms with E-state index < -0.39 is 49.3 Å². The Bertz CT molecular complexity index is 3130. The van der Waals surface area contributed by atoms with Crippen molar-refractivity contribution in [2.24, 2.45) is 5.41 Å². The normalized spacial score (nSPS) is 25.3. The summed E-state index contributed by atoms with van der Waals surface area (Å²) in [5, 5.41) is 16.3. The zero-order valence-corrected chi connectivity index (χ0v) is 43.7. The van der Waals surface area contributed by atoms with Crippen molar-refractivity contribution in [3.63, 3.8) is 0 Å². The third-order valence-electron chi connectivity index (χ3n) is 16.9. The second-order valence-electron chi connectivity index (χ2n) is 21.8. The molecule has 0 radical (unpaired) electrons. The molecule has 0 bridgehead atoms. The molecule has 0 unspecified atom stereocenters. The van der Waals surface area contributed by atoms with Crippen LogP contribution in [-0.2, 0) is 24.2 Å². The standard InChI is InChI=1S/C55H65FN8O11S/c1-34(2)74-46-8-4-3-7-39(46)45-31-72-25-21-62(45)37-6-5-13-54(30-37)14-19-61(20-15-54)36-9-10-40(42(27-36)63-41-12-22-71-32-48(41)75-53-44(63)26-35-11-18-57-51(35)59-53)52(65)60-76(68,69)38-28-43(64(66)67)50-47(29-38)73-33-49(58-50)55(56)16-23-70-24-17-55/h3-4,7-11,18,26-29,34,37,41,45,48-49,58H,5-6,12-17,19-25,30-33H2,1-2H3,(H,57,59)(H,60,65)/t37-,41+,45+,48+,49+/m1/s1. The molecule has 21 heteroatoms. The molecular weight excluding hydrogens is 1000 g/mol. The predicted molar refractivity (Wildman–Crippen MR) is 281 cm³/mol. The highest BCUT2D eigenvalue weighted by atomic mass is 32.2. The summed E-state index contributed by atoms with van der Waals surface area (Å²) < 4.78 is 83.2. The van der Waals surface area contributed by atoms with E-state index in [0.717, 1.165) is 87.1 Å². The number of nitrogens with zero attached hydrogens (tertiary/aromatic N) is 5. The highest BCUT2D eigenvalue weighted by Crippen LogP contribution is 2.51. The molecule has 1 saturated carbocycles. The van der Waals surface area contributed by atoms with Crippen molar-refractivity contribution in [3.05, 3.63) is 94.2 Å². The lowest BCUT2D eigenvalue weighted by Crippen LogP contribution is -2.53. The average Bonchev–Trinajstić information content (AvgIpc) is 3.98. The molecule has 404 valence electrons. The van der Waals surface area contributed by atoms with Gasteiger partial charge in [0.15, 0.2) is 11.4 Å². The van der Waals surface area contributed by atoms with Crippen molar-refractivity contribution in [3.8, 4) is 17.4 Å². The third-order valence-corrected chi connectivity index (χ3v) is 18.2. The van der Waals surface area contributed by atoms with Gasteiger partial charge in [0.1, 0.15) is 35.5 Å². The van der Waals surface area contributed by atoms with E-state index in [1.807, 2.05) is 35.2 Å². The summed E-state index contributed by atoms with van der Waals surface area (Å²) in [6, 6.07) is 19.0. The Balaban J connectivity index is 0.847. The molecule has 4 saturated heterocycles. The van der Waals surface area contributed by atoms with Crippen molar-refractivity contribution in [1.82, 2.24) is 19.6 Å². The molecule has 1 spiro atoms. The second-order valence-corrected chi connectivity index (χ2v) is 23.5. The van der Waals surface area contributed by atoms with Crippen LogP contribution in [0.25, 0.3) is 11.0 Å². The molecule has 5 aromatic rings. The third kappa shape index (κ3) is 9.55. The van der Waals surface area contributed by atoms with Crippen molar-refractivity contribution in [2.45, 2.75) is 119 Å². The van der Waals surface area contributed by atoms with Crippen molar-refractivity contribution >= 4 is 55.4 Å². The van der Waals surface area contributed by atoms with Crippen LogP contribution in [0, 0.1) is 15.5 Å². The van der Waals surface area contributed by atoms with Crippen molar-refractivity contribution in [1.29, 1.82) is 0 Å². The number of halogens is 1. The number of nitro benzene ring substituents is 1. The van der Waals surface area contributed by atoms with E-state index >= 15 is 4.39 Å². The minimum absolute atomic E-state index is 0.0534. The number of nitro groups is 1. The maximum atomic E-state index is 16.1. The number of sulfonamides is 1. The number of para-hydroxylation sites is 1. The van der Waals surface area contributed by atoms with Gasteiger partial charge in [-0.3, -0.25) is 19.8 Å². The van der Waals surface area contributed by atoms with Crippen LogP contribution < -0.4 is 34.0 Å². The molecule has 3 aromatic carbocycles. The van der Waals surface area contributed by atoms with Crippen LogP contribution in [0.15, 0.2) is 77.8 Å². The largest absolute Gasteiger partial charge is 0.491 e.